The van der Waals surface area contributed by atoms with Crippen molar-refractivity contribution >= 4 is 6.09 Å². The van der Waals surface area contributed by atoms with Crippen molar-refractivity contribution in [2.75, 3.05) is 6.61 Å². The Bertz CT molecular complexity index is 449. The quantitative estimate of drug-likeness (QED) is 0.877. The zero-order valence-corrected chi connectivity index (χ0v) is 13.8. The largest absolute Gasteiger partial charge is 0.444 e. The number of nitrogens with one attached hydrogen (secondary N) is 1. The van der Waals surface area contributed by atoms with Crippen molar-refractivity contribution < 1.29 is 14.3 Å². The molecule has 1 aromatic heterocycles. The van der Waals surface area contributed by atoms with Gasteiger partial charge in [0.15, 0.2) is 0 Å². The van der Waals surface area contributed by atoms with Crippen LogP contribution in [0.1, 0.15) is 53.3 Å². The average molecular weight is 297 g/mol. The first-order chi connectivity index (χ1) is 9.69. The fourth-order valence-corrected chi connectivity index (χ4v) is 1.82. The predicted molar refractivity (Wildman–Crippen MR) is 81.1 cm³/mol. The Morgan fingerprint density at radius 2 is 2.05 bits per heavy atom. The van der Waals surface area contributed by atoms with Gasteiger partial charge in [0, 0.05) is 6.54 Å². The summed E-state index contributed by atoms with van der Waals surface area (Å²) in [5.74, 6) is 0. The summed E-state index contributed by atoms with van der Waals surface area (Å²) in [6, 6.07) is -0.179. The maximum Gasteiger partial charge on any atom is 0.408 e. The lowest BCUT2D eigenvalue weighted by molar-refractivity contribution is 0.0505. The van der Waals surface area contributed by atoms with Crippen molar-refractivity contribution in [3.63, 3.8) is 0 Å². The van der Waals surface area contributed by atoms with Crippen LogP contribution in [0.5, 0.6) is 0 Å². The van der Waals surface area contributed by atoms with E-state index in [0.717, 1.165) is 5.69 Å². The number of nitrogens with zero attached hydrogens (tertiary/aromatic N) is 2. The van der Waals surface area contributed by atoms with Crippen LogP contribution in [0.3, 0.4) is 0 Å². The van der Waals surface area contributed by atoms with Crippen LogP contribution in [0.2, 0.25) is 0 Å². The van der Waals surface area contributed by atoms with Crippen molar-refractivity contribution in [3.8, 4) is 0 Å². The molecule has 6 heteroatoms. The van der Waals surface area contributed by atoms with E-state index in [1.807, 2.05) is 46.1 Å². The minimum absolute atomic E-state index is 0.179. The summed E-state index contributed by atoms with van der Waals surface area (Å²) in [4.78, 5) is 15.9. The third-order valence-electron chi connectivity index (χ3n) is 2.70. The van der Waals surface area contributed by atoms with Crippen LogP contribution in [0, 0.1) is 0 Å². The Labute approximate surface area is 126 Å². The molecule has 0 fully saturated rings. The molecule has 0 radical (unpaired) electrons. The molecule has 0 bridgehead atoms. The fourth-order valence-electron chi connectivity index (χ4n) is 1.82. The topological polar surface area (TPSA) is 65.4 Å². The summed E-state index contributed by atoms with van der Waals surface area (Å²) in [7, 11) is 0. The van der Waals surface area contributed by atoms with Gasteiger partial charge in [0.2, 0.25) is 0 Å². The number of aromatic nitrogens is 2. The maximum atomic E-state index is 11.8. The molecule has 1 N–H and O–H groups in total. The van der Waals surface area contributed by atoms with Crippen LogP contribution in [-0.2, 0) is 16.0 Å². The Morgan fingerprint density at radius 3 is 2.62 bits per heavy atom. The van der Waals surface area contributed by atoms with Gasteiger partial charge in [-0.25, -0.2) is 9.78 Å². The second-order valence-electron chi connectivity index (χ2n) is 6.30. The number of imidazole rings is 1. The molecular formula is C15H27N3O3. The highest BCUT2D eigenvalue weighted by Gasteiger charge is 2.19. The fraction of sp³-hybridized carbons (Fsp3) is 0.733. The molecule has 1 amide bonds. The van der Waals surface area contributed by atoms with Crippen molar-refractivity contribution in [2.24, 2.45) is 0 Å². The average Bonchev–Trinajstić information content (AvgIpc) is 2.73. The van der Waals surface area contributed by atoms with E-state index in [2.05, 4.69) is 10.3 Å². The molecule has 0 spiro atoms. The van der Waals surface area contributed by atoms with E-state index in [4.69, 9.17) is 9.47 Å². The molecule has 6 nitrogen and oxygen atoms in total. The number of hydrogen-bond acceptors (Lipinski definition) is 4. The molecule has 0 aromatic carbocycles. The number of alkyl carbamates (subject to hydrolysis) is 1. The second-order valence-corrected chi connectivity index (χ2v) is 6.30. The van der Waals surface area contributed by atoms with E-state index in [-0.39, 0.29) is 12.1 Å². The van der Waals surface area contributed by atoms with Gasteiger partial charge in [-0.05, 0) is 41.5 Å². The lowest BCUT2D eigenvalue weighted by atomic mass is 10.2. The lowest BCUT2D eigenvalue weighted by Crippen LogP contribution is -2.34. The summed E-state index contributed by atoms with van der Waals surface area (Å²) in [5, 5.41) is 2.82. The summed E-state index contributed by atoms with van der Waals surface area (Å²) < 4.78 is 12.8. The molecule has 1 unspecified atom stereocenters. The maximum absolute atomic E-state index is 11.8. The number of ether oxygens (including phenoxy) is 2. The first-order valence-corrected chi connectivity index (χ1v) is 7.30. The number of hydrogen-bond donors (Lipinski definition) is 1. The molecule has 0 saturated carbocycles. The van der Waals surface area contributed by atoms with Gasteiger partial charge in [0.05, 0.1) is 37.0 Å². The molecule has 0 aliphatic carbocycles. The minimum atomic E-state index is -0.505. The van der Waals surface area contributed by atoms with Crippen molar-refractivity contribution in [2.45, 2.75) is 65.8 Å². The summed E-state index contributed by atoms with van der Waals surface area (Å²) in [5.41, 5.74) is 0.419. The Balaban J connectivity index is 2.56. The molecule has 1 rings (SSSR count). The van der Waals surface area contributed by atoms with Gasteiger partial charge in [0.25, 0.3) is 0 Å². The Morgan fingerprint density at radius 1 is 1.38 bits per heavy atom. The molecule has 0 saturated heterocycles. The summed E-state index contributed by atoms with van der Waals surface area (Å²) in [6.07, 6.45) is 3.26. The SMILES string of the molecule is CC(C)OCCn1cncc1C(C)NC(=O)OC(C)(C)C. The normalized spacial score (nSPS) is 13.3. The lowest BCUT2D eigenvalue weighted by Gasteiger charge is -2.22. The van der Waals surface area contributed by atoms with Crippen LogP contribution < -0.4 is 5.32 Å². The molecule has 0 aliphatic heterocycles. The van der Waals surface area contributed by atoms with E-state index in [1.54, 1.807) is 12.5 Å². The highest BCUT2D eigenvalue weighted by atomic mass is 16.6. The van der Waals surface area contributed by atoms with Crippen LogP contribution in [0.15, 0.2) is 12.5 Å². The highest BCUT2D eigenvalue weighted by molar-refractivity contribution is 5.68. The van der Waals surface area contributed by atoms with E-state index in [9.17, 15) is 4.79 Å². The van der Waals surface area contributed by atoms with E-state index in [1.165, 1.54) is 0 Å². The standard InChI is InChI=1S/C15H27N3O3/c1-11(2)20-8-7-18-10-16-9-13(18)12(3)17-14(19)21-15(4,5)6/h9-12H,7-8H2,1-6H3,(H,17,19). The van der Waals surface area contributed by atoms with Gasteiger partial charge >= 0.3 is 6.09 Å². The zero-order chi connectivity index (χ0) is 16.0. The smallest absolute Gasteiger partial charge is 0.408 e. The molecular weight excluding hydrogens is 270 g/mol. The molecule has 1 aromatic rings. The first-order valence-electron chi connectivity index (χ1n) is 7.30. The number of amides is 1. The van der Waals surface area contributed by atoms with E-state index >= 15 is 0 Å². The summed E-state index contributed by atoms with van der Waals surface area (Å²) in [6.45, 7) is 12.7. The van der Waals surface area contributed by atoms with Crippen LogP contribution in [-0.4, -0.2) is 34.0 Å². The number of rotatable bonds is 6. The Kier molecular flexibility index (Phi) is 6.20. The van der Waals surface area contributed by atoms with Crippen LogP contribution >= 0.6 is 0 Å². The molecule has 21 heavy (non-hydrogen) atoms. The van der Waals surface area contributed by atoms with Gasteiger partial charge in [-0.2, -0.15) is 0 Å². The van der Waals surface area contributed by atoms with Gasteiger partial charge < -0.3 is 19.4 Å². The van der Waals surface area contributed by atoms with Crippen molar-refractivity contribution in [3.05, 3.63) is 18.2 Å². The van der Waals surface area contributed by atoms with Crippen molar-refractivity contribution in [1.29, 1.82) is 0 Å². The zero-order valence-electron chi connectivity index (χ0n) is 13.8. The van der Waals surface area contributed by atoms with Gasteiger partial charge in [0.1, 0.15) is 5.60 Å². The van der Waals surface area contributed by atoms with Gasteiger partial charge in [-0.3, -0.25) is 0 Å². The molecule has 120 valence electrons. The minimum Gasteiger partial charge on any atom is -0.444 e. The monoisotopic (exact) mass is 297 g/mol. The third-order valence-corrected chi connectivity index (χ3v) is 2.70. The van der Waals surface area contributed by atoms with Crippen LogP contribution in [0.4, 0.5) is 4.79 Å². The van der Waals surface area contributed by atoms with Gasteiger partial charge in [-0.1, -0.05) is 0 Å². The van der Waals surface area contributed by atoms with E-state index < -0.39 is 11.7 Å². The number of carbonyl (C=O) groups is 1. The molecule has 1 atom stereocenters. The molecule has 1 heterocycles. The van der Waals surface area contributed by atoms with Gasteiger partial charge in [-0.15, -0.1) is 0 Å². The van der Waals surface area contributed by atoms with E-state index in [0.29, 0.717) is 13.2 Å². The summed E-state index contributed by atoms with van der Waals surface area (Å²) >= 11 is 0. The third kappa shape index (κ3) is 6.62. The first kappa shape index (κ1) is 17.5. The Hall–Kier alpha value is -1.56. The van der Waals surface area contributed by atoms with Crippen LogP contribution in [0.25, 0.3) is 0 Å². The second kappa shape index (κ2) is 7.45. The molecule has 0 aliphatic rings. The highest BCUT2D eigenvalue weighted by Crippen LogP contribution is 2.14. The van der Waals surface area contributed by atoms with Crippen molar-refractivity contribution in [1.82, 2.24) is 14.9 Å². The predicted octanol–water partition coefficient (Wildman–Crippen LogP) is 2.89. The number of carbonyl (C=O) groups excluding carboxylic acids is 1.